The number of hydrogen-bond donors (Lipinski definition) is 0. The molecule has 5 aromatic rings. The Hall–Kier alpha value is -3.13. The van der Waals surface area contributed by atoms with Crippen LogP contribution in [-0.2, 0) is 0 Å². The van der Waals surface area contributed by atoms with E-state index in [1.807, 2.05) is 6.20 Å². The fourth-order valence-corrected chi connectivity index (χ4v) is 3.86. The maximum atomic E-state index is 4.77. The van der Waals surface area contributed by atoms with E-state index in [-0.39, 0.29) is 0 Å². The zero-order valence-electron chi connectivity index (χ0n) is 14.3. The van der Waals surface area contributed by atoms with E-state index in [1.165, 1.54) is 32.8 Å². The normalized spacial score (nSPS) is 11.6. The van der Waals surface area contributed by atoms with Gasteiger partial charge >= 0.3 is 0 Å². The second kappa shape index (κ2) is 5.18. The van der Waals surface area contributed by atoms with Crippen molar-refractivity contribution in [2.24, 2.45) is 0 Å². The Kier molecular flexibility index (Phi) is 2.95. The monoisotopic (exact) mass is 322 g/mol. The van der Waals surface area contributed by atoms with E-state index in [0.29, 0.717) is 0 Å². The lowest BCUT2D eigenvalue weighted by atomic mass is 10.0. The number of nitrogens with zero attached hydrogens (tertiary/aromatic N) is 2. The highest BCUT2D eigenvalue weighted by Crippen LogP contribution is 2.31. The van der Waals surface area contributed by atoms with Gasteiger partial charge in [0.15, 0.2) is 0 Å². The van der Waals surface area contributed by atoms with Crippen molar-refractivity contribution in [3.8, 4) is 11.4 Å². The summed E-state index contributed by atoms with van der Waals surface area (Å²) in [5.41, 5.74) is 6.03. The Labute approximate surface area is 146 Å². The molecule has 0 bridgehead atoms. The van der Waals surface area contributed by atoms with Gasteiger partial charge < -0.3 is 0 Å². The predicted octanol–water partition coefficient (Wildman–Crippen LogP) is 5.92. The van der Waals surface area contributed by atoms with Crippen molar-refractivity contribution in [2.75, 3.05) is 0 Å². The van der Waals surface area contributed by atoms with Crippen LogP contribution in [-0.4, -0.2) is 9.38 Å². The minimum atomic E-state index is 1.00. The lowest BCUT2D eigenvalue weighted by Gasteiger charge is -2.10. The third-order valence-electron chi connectivity index (χ3n) is 4.86. The van der Waals surface area contributed by atoms with Crippen LogP contribution >= 0.6 is 0 Å². The first kappa shape index (κ1) is 14.2. The van der Waals surface area contributed by atoms with E-state index in [1.54, 1.807) is 0 Å². The molecule has 0 aliphatic heterocycles. The summed E-state index contributed by atoms with van der Waals surface area (Å²) in [4.78, 5) is 4.77. The molecule has 2 heteroatoms. The Morgan fingerprint density at radius 2 is 1.48 bits per heavy atom. The summed E-state index contributed by atoms with van der Waals surface area (Å²) in [5.74, 6) is 1.00. The van der Waals surface area contributed by atoms with Crippen LogP contribution in [0.4, 0.5) is 0 Å². The molecule has 25 heavy (non-hydrogen) atoms. The summed E-state index contributed by atoms with van der Waals surface area (Å²) in [5, 5.41) is 3.74. The van der Waals surface area contributed by atoms with Crippen molar-refractivity contribution >= 4 is 27.2 Å². The Bertz CT molecular complexity index is 1240. The standard InChI is InChI=1S/C23H18N2/c1-15-11-16(2)13-19(12-15)23-24-14-20-10-9-18-8-7-17-5-3-4-6-21(17)22(18)25(20)23/h3-14H,1-2H3. The second-order valence-corrected chi connectivity index (χ2v) is 6.78. The first-order valence-corrected chi connectivity index (χ1v) is 8.57. The van der Waals surface area contributed by atoms with Crippen LogP contribution in [0.1, 0.15) is 11.1 Å². The average Bonchev–Trinajstić information content (AvgIpc) is 3.04. The lowest BCUT2D eigenvalue weighted by molar-refractivity contribution is 1.21. The van der Waals surface area contributed by atoms with Gasteiger partial charge in [-0.25, -0.2) is 4.98 Å². The van der Waals surface area contributed by atoms with Crippen molar-refractivity contribution in [1.82, 2.24) is 9.38 Å². The molecule has 0 radical (unpaired) electrons. The molecule has 5 rings (SSSR count). The summed E-state index contributed by atoms with van der Waals surface area (Å²) in [7, 11) is 0. The SMILES string of the molecule is Cc1cc(C)cc(-c2ncc3ccc4ccc5ccccc5c4n23)c1. The number of benzene rings is 3. The first-order valence-electron chi connectivity index (χ1n) is 8.57. The van der Waals surface area contributed by atoms with Gasteiger partial charge in [0.25, 0.3) is 0 Å². The molecular formula is C23H18N2. The molecular weight excluding hydrogens is 304 g/mol. The number of rotatable bonds is 1. The molecule has 2 heterocycles. The van der Waals surface area contributed by atoms with E-state index in [9.17, 15) is 0 Å². The summed E-state index contributed by atoms with van der Waals surface area (Å²) in [6.45, 7) is 4.28. The molecule has 2 aromatic heterocycles. The summed E-state index contributed by atoms with van der Waals surface area (Å²) in [6.07, 6.45) is 1.97. The van der Waals surface area contributed by atoms with Crippen LogP contribution in [0, 0.1) is 13.8 Å². The number of aromatic nitrogens is 2. The van der Waals surface area contributed by atoms with Crippen LogP contribution < -0.4 is 0 Å². The van der Waals surface area contributed by atoms with E-state index in [0.717, 1.165) is 16.9 Å². The molecule has 0 N–H and O–H groups in total. The van der Waals surface area contributed by atoms with Crippen LogP contribution in [0.5, 0.6) is 0 Å². The minimum Gasteiger partial charge on any atom is -0.292 e. The largest absolute Gasteiger partial charge is 0.292 e. The molecule has 0 aliphatic carbocycles. The molecule has 0 saturated carbocycles. The van der Waals surface area contributed by atoms with E-state index in [4.69, 9.17) is 4.98 Å². The topological polar surface area (TPSA) is 17.3 Å². The number of fused-ring (bicyclic) bond motifs is 5. The third kappa shape index (κ3) is 2.14. The van der Waals surface area contributed by atoms with Gasteiger partial charge in [0, 0.05) is 10.9 Å². The molecule has 0 spiro atoms. The highest BCUT2D eigenvalue weighted by Gasteiger charge is 2.12. The van der Waals surface area contributed by atoms with E-state index < -0.39 is 0 Å². The average molecular weight is 322 g/mol. The van der Waals surface area contributed by atoms with Gasteiger partial charge in [0.2, 0.25) is 0 Å². The molecule has 0 saturated heterocycles. The maximum Gasteiger partial charge on any atom is 0.145 e. The van der Waals surface area contributed by atoms with Gasteiger partial charge in [-0.05, 0) is 42.8 Å². The van der Waals surface area contributed by atoms with Crippen molar-refractivity contribution in [3.05, 3.63) is 84.1 Å². The van der Waals surface area contributed by atoms with Gasteiger partial charge in [-0.15, -0.1) is 0 Å². The lowest BCUT2D eigenvalue weighted by Crippen LogP contribution is -1.94. The van der Waals surface area contributed by atoms with Gasteiger partial charge in [-0.3, -0.25) is 4.40 Å². The Morgan fingerprint density at radius 1 is 0.760 bits per heavy atom. The van der Waals surface area contributed by atoms with Gasteiger partial charge in [0.05, 0.1) is 17.2 Å². The summed E-state index contributed by atoms with van der Waals surface area (Å²) >= 11 is 0. The highest BCUT2D eigenvalue weighted by atomic mass is 15.0. The van der Waals surface area contributed by atoms with Crippen LogP contribution in [0.2, 0.25) is 0 Å². The predicted molar refractivity (Wildman–Crippen MR) is 105 cm³/mol. The molecule has 0 amide bonds. The molecule has 0 aliphatic rings. The quantitative estimate of drug-likeness (QED) is 0.350. The van der Waals surface area contributed by atoms with Crippen LogP contribution in [0.3, 0.4) is 0 Å². The fraction of sp³-hybridized carbons (Fsp3) is 0.0870. The van der Waals surface area contributed by atoms with E-state index >= 15 is 0 Å². The second-order valence-electron chi connectivity index (χ2n) is 6.78. The number of aryl methyl sites for hydroxylation is 2. The zero-order valence-corrected chi connectivity index (χ0v) is 14.3. The summed E-state index contributed by atoms with van der Waals surface area (Å²) in [6, 6.07) is 23.9. The third-order valence-corrected chi connectivity index (χ3v) is 4.86. The highest BCUT2D eigenvalue weighted by molar-refractivity contribution is 6.07. The van der Waals surface area contributed by atoms with Crippen molar-refractivity contribution in [2.45, 2.75) is 13.8 Å². The Morgan fingerprint density at radius 3 is 2.32 bits per heavy atom. The molecule has 0 atom stereocenters. The van der Waals surface area contributed by atoms with Gasteiger partial charge in [0.1, 0.15) is 5.82 Å². The maximum absolute atomic E-state index is 4.77. The summed E-state index contributed by atoms with van der Waals surface area (Å²) < 4.78 is 2.30. The Balaban J connectivity index is 1.98. The van der Waals surface area contributed by atoms with Crippen LogP contribution in [0.25, 0.3) is 38.6 Å². The van der Waals surface area contributed by atoms with Gasteiger partial charge in [-0.2, -0.15) is 0 Å². The van der Waals surface area contributed by atoms with Gasteiger partial charge in [-0.1, -0.05) is 59.7 Å². The minimum absolute atomic E-state index is 1.00. The first-order chi connectivity index (χ1) is 12.2. The van der Waals surface area contributed by atoms with Crippen LogP contribution in [0.15, 0.2) is 72.9 Å². The zero-order chi connectivity index (χ0) is 17.0. The fourth-order valence-electron chi connectivity index (χ4n) is 3.86. The number of hydrogen-bond acceptors (Lipinski definition) is 1. The number of imidazole rings is 1. The molecule has 0 unspecified atom stereocenters. The van der Waals surface area contributed by atoms with Crippen molar-refractivity contribution in [3.63, 3.8) is 0 Å². The molecule has 3 aromatic carbocycles. The molecule has 2 nitrogen and oxygen atoms in total. The van der Waals surface area contributed by atoms with Crippen molar-refractivity contribution in [1.29, 1.82) is 0 Å². The molecule has 0 fully saturated rings. The number of pyridine rings is 1. The smallest absolute Gasteiger partial charge is 0.145 e. The van der Waals surface area contributed by atoms with E-state index in [2.05, 4.69) is 85.0 Å². The molecule has 120 valence electrons. The van der Waals surface area contributed by atoms with Crippen molar-refractivity contribution < 1.29 is 0 Å².